The quantitative estimate of drug-likeness (QED) is 0.509. The number of rotatable bonds is 5. The predicted octanol–water partition coefficient (Wildman–Crippen LogP) is 1.57. The average molecular weight is 117 g/mol. The Balaban J connectivity index is 2.53. The molecule has 49 valence electrons. The lowest BCUT2D eigenvalue weighted by Gasteiger charge is -1.98. The van der Waals surface area contributed by atoms with Gasteiger partial charge in [-0.25, -0.2) is 0 Å². The van der Waals surface area contributed by atoms with Crippen LogP contribution in [0, 0.1) is 6.79 Å². The molecule has 0 spiro atoms. The molecule has 0 aliphatic rings. The summed E-state index contributed by atoms with van der Waals surface area (Å²) < 4.78 is 9.66. The van der Waals surface area contributed by atoms with E-state index in [1.165, 1.54) is 6.79 Å². The molecule has 0 N–H and O–H groups in total. The predicted molar refractivity (Wildman–Crippen MR) is 32.2 cm³/mol. The van der Waals surface area contributed by atoms with Gasteiger partial charge in [0, 0.05) is 13.2 Å². The van der Waals surface area contributed by atoms with Crippen molar-refractivity contribution in [3.63, 3.8) is 0 Å². The Morgan fingerprint density at radius 3 is 2.50 bits per heavy atom. The van der Waals surface area contributed by atoms with E-state index < -0.39 is 0 Å². The summed E-state index contributed by atoms with van der Waals surface area (Å²) in [4.78, 5) is 0. The first-order valence-corrected chi connectivity index (χ1v) is 2.96. The molecule has 0 bridgehead atoms. The Hall–Kier alpha value is -0.0800. The summed E-state index contributed by atoms with van der Waals surface area (Å²) in [7, 11) is 0. The fourth-order valence-corrected chi connectivity index (χ4v) is 0.282. The van der Waals surface area contributed by atoms with Crippen LogP contribution in [0.1, 0.15) is 20.3 Å². The van der Waals surface area contributed by atoms with Crippen LogP contribution < -0.4 is 0 Å². The van der Waals surface area contributed by atoms with Crippen LogP contribution in [0.2, 0.25) is 0 Å². The van der Waals surface area contributed by atoms with Crippen molar-refractivity contribution in [2.24, 2.45) is 0 Å². The Morgan fingerprint density at radius 1 is 1.25 bits per heavy atom. The average Bonchev–Trinajstić information content (AvgIpc) is 1.81. The smallest absolute Gasteiger partial charge is 0.209 e. The van der Waals surface area contributed by atoms with Gasteiger partial charge in [-0.15, -0.1) is 0 Å². The second-order valence-corrected chi connectivity index (χ2v) is 1.42. The van der Waals surface area contributed by atoms with E-state index in [2.05, 4.69) is 6.92 Å². The van der Waals surface area contributed by atoms with Gasteiger partial charge in [0.2, 0.25) is 6.79 Å². The minimum absolute atomic E-state index is 0.684. The summed E-state index contributed by atoms with van der Waals surface area (Å²) in [5.41, 5.74) is 0. The van der Waals surface area contributed by atoms with Crippen molar-refractivity contribution in [1.29, 1.82) is 0 Å². The molecular formula is C6H13O2. The first-order chi connectivity index (χ1) is 3.91. The van der Waals surface area contributed by atoms with E-state index >= 15 is 0 Å². The molecule has 0 atom stereocenters. The maximum Gasteiger partial charge on any atom is 0.209 e. The summed E-state index contributed by atoms with van der Waals surface area (Å²) in [6.45, 7) is 6.80. The molecule has 1 radical (unpaired) electrons. The van der Waals surface area contributed by atoms with Gasteiger partial charge >= 0.3 is 0 Å². The summed E-state index contributed by atoms with van der Waals surface area (Å²) in [6.07, 6.45) is 1.03. The second kappa shape index (κ2) is 6.92. The molecule has 0 amide bonds. The zero-order valence-corrected chi connectivity index (χ0v) is 5.52. The van der Waals surface area contributed by atoms with Crippen LogP contribution in [0.15, 0.2) is 0 Å². The minimum Gasteiger partial charge on any atom is -0.348 e. The Kier molecular flexibility index (Phi) is 6.85. The van der Waals surface area contributed by atoms with Gasteiger partial charge in [0.15, 0.2) is 0 Å². The van der Waals surface area contributed by atoms with E-state index in [-0.39, 0.29) is 0 Å². The van der Waals surface area contributed by atoms with Crippen LogP contribution in [0.4, 0.5) is 0 Å². The van der Waals surface area contributed by atoms with Crippen molar-refractivity contribution in [1.82, 2.24) is 0 Å². The summed E-state index contributed by atoms with van der Waals surface area (Å²) in [6, 6.07) is 0. The van der Waals surface area contributed by atoms with Gasteiger partial charge in [0.1, 0.15) is 0 Å². The van der Waals surface area contributed by atoms with E-state index in [9.17, 15) is 0 Å². The molecule has 0 aliphatic carbocycles. The van der Waals surface area contributed by atoms with Gasteiger partial charge in [0.05, 0.1) is 0 Å². The molecule has 0 aromatic carbocycles. The molecule has 2 nitrogen and oxygen atoms in total. The molecule has 0 aromatic rings. The molecule has 0 heterocycles. The molecule has 8 heavy (non-hydrogen) atoms. The van der Waals surface area contributed by atoms with Crippen molar-refractivity contribution >= 4 is 0 Å². The first-order valence-electron chi connectivity index (χ1n) is 2.96. The monoisotopic (exact) mass is 117 g/mol. The Bertz CT molecular complexity index is 31.5. The Morgan fingerprint density at radius 2 is 2.00 bits per heavy atom. The summed E-state index contributed by atoms with van der Waals surface area (Å²) in [5.74, 6) is 0. The standard InChI is InChI=1S/C6H13O2/c1-3-5-8-6-7-4-2/h6H,3-5H2,1-2H3. The topological polar surface area (TPSA) is 18.5 Å². The zero-order chi connectivity index (χ0) is 6.24. The van der Waals surface area contributed by atoms with Crippen molar-refractivity contribution < 1.29 is 9.47 Å². The van der Waals surface area contributed by atoms with Crippen LogP contribution in [0.25, 0.3) is 0 Å². The zero-order valence-electron chi connectivity index (χ0n) is 5.52. The van der Waals surface area contributed by atoms with E-state index in [4.69, 9.17) is 9.47 Å². The van der Waals surface area contributed by atoms with Crippen LogP contribution in [-0.2, 0) is 9.47 Å². The maximum absolute atomic E-state index is 4.88. The molecule has 0 fully saturated rings. The lowest BCUT2D eigenvalue weighted by atomic mass is 10.5. The van der Waals surface area contributed by atoms with E-state index in [0.717, 1.165) is 13.0 Å². The van der Waals surface area contributed by atoms with Crippen LogP contribution in [-0.4, -0.2) is 13.2 Å². The van der Waals surface area contributed by atoms with E-state index in [1.54, 1.807) is 0 Å². The summed E-state index contributed by atoms with van der Waals surface area (Å²) in [5, 5.41) is 0. The van der Waals surface area contributed by atoms with Crippen LogP contribution in [0.3, 0.4) is 0 Å². The SMILES string of the molecule is CCCO[CH]OCC. The van der Waals surface area contributed by atoms with Crippen molar-refractivity contribution in [3.05, 3.63) is 6.79 Å². The fraction of sp³-hybridized carbons (Fsp3) is 0.833. The van der Waals surface area contributed by atoms with Crippen LogP contribution in [0.5, 0.6) is 0 Å². The Labute approximate surface area is 50.8 Å². The number of hydrogen-bond acceptors (Lipinski definition) is 2. The third kappa shape index (κ3) is 5.92. The highest BCUT2D eigenvalue weighted by Gasteiger charge is 1.82. The van der Waals surface area contributed by atoms with Gasteiger partial charge in [-0.05, 0) is 13.3 Å². The van der Waals surface area contributed by atoms with E-state index in [1.807, 2.05) is 6.92 Å². The first kappa shape index (κ1) is 7.92. The van der Waals surface area contributed by atoms with E-state index in [0.29, 0.717) is 6.61 Å². The lowest BCUT2D eigenvalue weighted by Crippen LogP contribution is -1.93. The molecule has 0 aromatic heterocycles. The van der Waals surface area contributed by atoms with Crippen molar-refractivity contribution in [2.75, 3.05) is 13.2 Å². The molecular weight excluding hydrogens is 104 g/mol. The molecule has 2 heteroatoms. The third-order valence-corrected chi connectivity index (χ3v) is 0.625. The minimum atomic E-state index is 0.684. The highest BCUT2D eigenvalue weighted by Crippen LogP contribution is 1.85. The normalized spacial score (nSPS) is 9.75. The van der Waals surface area contributed by atoms with Gasteiger partial charge in [0.25, 0.3) is 0 Å². The fourth-order valence-electron chi connectivity index (χ4n) is 0.282. The van der Waals surface area contributed by atoms with Crippen molar-refractivity contribution in [2.45, 2.75) is 20.3 Å². The molecule has 0 aliphatic heterocycles. The molecule has 0 rings (SSSR count). The van der Waals surface area contributed by atoms with Gasteiger partial charge in [-0.2, -0.15) is 0 Å². The van der Waals surface area contributed by atoms with Gasteiger partial charge in [-0.1, -0.05) is 6.92 Å². The third-order valence-electron chi connectivity index (χ3n) is 0.625. The number of ether oxygens (including phenoxy) is 2. The highest BCUT2D eigenvalue weighted by atomic mass is 16.7. The largest absolute Gasteiger partial charge is 0.348 e. The van der Waals surface area contributed by atoms with Crippen molar-refractivity contribution in [3.8, 4) is 0 Å². The second-order valence-electron chi connectivity index (χ2n) is 1.42. The molecule has 0 unspecified atom stereocenters. The number of hydrogen-bond donors (Lipinski definition) is 0. The maximum atomic E-state index is 4.88. The van der Waals surface area contributed by atoms with Gasteiger partial charge < -0.3 is 9.47 Å². The highest BCUT2D eigenvalue weighted by molar-refractivity contribution is 4.28. The molecule has 0 saturated carbocycles. The van der Waals surface area contributed by atoms with Gasteiger partial charge in [-0.3, -0.25) is 0 Å². The van der Waals surface area contributed by atoms with Crippen LogP contribution >= 0.6 is 0 Å². The summed E-state index contributed by atoms with van der Waals surface area (Å²) >= 11 is 0. The lowest BCUT2D eigenvalue weighted by molar-refractivity contribution is 0.0263. The molecule has 0 saturated heterocycles.